The predicted octanol–water partition coefficient (Wildman–Crippen LogP) is 5.02. The third-order valence-corrected chi connectivity index (χ3v) is 6.99. The molecule has 1 amide bonds. The van der Waals surface area contributed by atoms with E-state index < -0.39 is 0 Å². The Hall–Kier alpha value is -3.16. The van der Waals surface area contributed by atoms with Gasteiger partial charge in [-0.3, -0.25) is 15.1 Å². The molecule has 3 aromatic rings. The summed E-state index contributed by atoms with van der Waals surface area (Å²) in [7, 11) is 0. The molecule has 1 aromatic heterocycles. The Kier molecular flexibility index (Phi) is 8.21. The Balaban J connectivity index is 1.39. The number of nitrogens with two attached hydrogens (primary N) is 1. The Bertz CT molecular complexity index is 1150. The highest BCUT2D eigenvalue weighted by molar-refractivity contribution is 5.83. The Morgan fingerprint density at radius 1 is 1.26 bits per heavy atom. The minimum Gasteiger partial charge on any atom is -0.492 e. The molecule has 7 nitrogen and oxygen atoms in total. The highest BCUT2D eigenvalue weighted by Gasteiger charge is 2.18. The van der Waals surface area contributed by atoms with Crippen molar-refractivity contribution in [3.63, 3.8) is 0 Å². The second-order valence-electron chi connectivity index (χ2n) is 9.50. The second-order valence-corrected chi connectivity index (χ2v) is 9.50. The quantitative estimate of drug-likeness (QED) is 0.242. The van der Waals surface area contributed by atoms with Crippen LogP contribution in [-0.4, -0.2) is 42.0 Å². The van der Waals surface area contributed by atoms with Crippen LogP contribution in [0.4, 0.5) is 0 Å². The molecule has 7 heteroatoms. The predicted molar refractivity (Wildman–Crippen MR) is 140 cm³/mol. The fourth-order valence-electron chi connectivity index (χ4n) is 4.55. The van der Waals surface area contributed by atoms with Gasteiger partial charge in [-0.1, -0.05) is 26.5 Å². The Labute approximate surface area is 207 Å². The number of ether oxygens (including phenoxy) is 1. The maximum Gasteiger partial charge on any atom is 0.234 e. The number of carbonyl (C=O) groups is 1. The SMILES string of the molecule is C=C(c1ccc2nc(-c3ccc(OCCN4CCC(C)CC4)cc3)oc2c1)C(CC)CC(=O)NN. The molecule has 4 rings (SSSR count). The molecule has 1 aliphatic heterocycles. The number of rotatable bonds is 10. The van der Waals surface area contributed by atoms with E-state index in [0.717, 1.165) is 46.8 Å². The number of allylic oxidation sites excluding steroid dienone is 1. The van der Waals surface area contributed by atoms with Gasteiger partial charge in [0.25, 0.3) is 0 Å². The number of oxazole rings is 1. The molecule has 2 heterocycles. The average Bonchev–Trinajstić information content (AvgIpc) is 3.31. The number of hydrogen-bond donors (Lipinski definition) is 2. The summed E-state index contributed by atoms with van der Waals surface area (Å²) in [5, 5.41) is 0. The van der Waals surface area contributed by atoms with E-state index in [-0.39, 0.29) is 11.8 Å². The number of carbonyl (C=O) groups excluding carboxylic acids is 1. The zero-order valence-electron chi connectivity index (χ0n) is 20.8. The smallest absolute Gasteiger partial charge is 0.234 e. The first-order chi connectivity index (χ1) is 17.0. The lowest BCUT2D eigenvalue weighted by Crippen LogP contribution is -2.35. The molecule has 1 atom stereocenters. The zero-order valence-corrected chi connectivity index (χ0v) is 20.8. The van der Waals surface area contributed by atoms with Gasteiger partial charge in [-0.25, -0.2) is 10.8 Å². The van der Waals surface area contributed by atoms with E-state index in [2.05, 4.69) is 28.8 Å². The molecule has 1 unspecified atom stereocenters. The summed E-state index contributed by atoms with van der Waals surface area (Å²) in [5.74, 6) is 7.31. The summed E-state index contributed by atoms with van der Waals surface area (Å²) >= 11 is 0. The van der Waals surface area contributed by atoms with Crippen LogP contribution in [0.2, 0.25) is 0 Å². The normalized spacial score (nSPS) is 15.7. The van der Waals surface area contributed by atoms with Crippen molar-refractivity contribution in [2.45, 2.75) is 39.5 Å². The van der Waals surface area contributed by atoms with Crippen molar-refractivity contribution in [2.24, 2.45) is 17.7 Å². The van der Waals surface area contributed by atoms with Crippen LogP contribution in [-0.2, 0) is 4.79 Å². The highest BCUT2D eigenvalue weighted by Crippen LogP contribution is 2.31. The summed E-state index contributed by atoms with van der Waals surface area (Å²) in [6, 6.07) is 13.7. The monoisotopic (exact) mass is 476 g/mol. The molecular weight excluding hydrogens is 440 g/mol. The van der Waals surface area contributed by atoms with E-state index in [4.69, 9.17) is 15.0 Å². The number of benzene rings is 2. The lowest BCUT2D eigenvalue weighted by Gasteiger charge is -2.29. The third-order valence-electron chi connectivity index (χ3n) is 6.99. The molecule has 3 N–H and O–H groups in total. The molecule has 2 aromatic carbocycles. The molecule has 186 valence electrons. The van der Waals surface area contributed by atoms with Gasteiger partial charge in [0.2, 0.25) is 11.8 Å². The number of nitrogens with zero attached hydrogens (tertiary/aromatic N) is 2. The summed E-state index contributed by atoms with van der Waals surface area (Å²) in [6.07, 6.45) is 3.65. The fourth-order valence-corrected chi connectivity index (χ4v) is 4.55. The van der Waals surface area contributed by atoms with Gasteiger partial charge in [0.15, 0.2) is 5.58 Å². The number of fused-ring (bicyclic) bond motifs is 1. The number of nitrogens with one attached hydrogen (secondary N) is 1. The molecule has 1 aliphatic rings. The van der Waals surface area contributed by atoms with Crippen LogP contribution in [0.3, 0.4) is 0 Å². The Morgan fingerprint density at radius 2 is 2.00 bits per heavy atom. The maximum atomic E-state index is 11.7. The van der Waals surface area contributed by atoms with E-state index >= 15 is 0 Å². The molecule has 35 heavy (non-hydrogen) atoms. The summed E-state index contributed by atoms with van der Waals surface area (Å²) in [4.78, 5) is 18.9. The zero-order chi connectivity index (χ0) is 24.8. The van der Waals surface area contributed by atoms with Crippen molar-refractivity contribution in [3.05, 3.63) is 54.6 Å². The van der Waals surface area contributed by atoms with Gasteiger partial charge in [0.05, 0.1) is 0 Å². The van der Waals surface area contributed by atoms with Crippen molar-refractivity contribution in [1.82, 2.24) is 15.3 Å². The lowest BCUT2D eigenvalue weighted by atomic mass is 9.89. The van der Waals surface area contributed by atoms with Gasteiger partial charge < -0.3 is 9.15 Å². The molecule has 0 bridgehead atoms. The lowest BCUT2D eigenvalue weighted by molar-refractivity contribution is -0.121. The largest absolute Gasteiger partial charge is 0.492 e. The van der Waals surface area contributed by atoms with Crippen LogP contribution in [0.1, 0.15) is 45.1 Å². The molecule has 1 saturated heterocycles. The van der Waals surface area contributed by atoms with E-state index in [0.29, 0.717) is 24.5 Å². The third kappa shape index (κ3) is 6.29. The van der Waals surface area contributed by atoms with Crippen LogP contribution >= 0.6 is 0 Å². The molecule has 0 aliphatic carbocycles. The first-order valence-electron chi connectivity index (χ1n) is 12.5. The number of amides is 1. The van der Waals surface area contributed by atoms with E-state index in [1.165, 1.54) is 25.9 Å². The second kappa shape index (κ2) is 11.5. The van der Waals surface area contributed by atoms with E-state index in [1.54, 1.807) is 0 Å². The number of likely N-dealkylation sites (tertiary alicyclic amines) is 1. The van der Waals surface area contributed by atoms with Crippen molar-refractivity contribution in [2.75, 3.05) is 26.2 Å². The highest BCUT2D eigenvalue weighted by atomic mass is 16.5. The van der Waals surface area contributed by atoms with Gasteiger partial charge in [0, 0.05) is 18.5 Å². The average molecular weight is 477 g/mol. The van der Waals surface area contributed by atoms with Gasteiger partial charge in [0.1, 0.15) is 17.9 Å². The standard InChI is InChI=1S/C28H36N4O3/c1-4-21(18-27(33)31-29)20(3)23-7-10-25-26(17-23)35-28(30-25)22-5-8-24(9-6-22)34-16-15-32-13-11-19(2)12-14-32/h5-10,17,19,21H,3-4,11-16,18,29H2,1-2H3,(H,31,33). The summed E-state index contributed by atoms with van der Waals surface area (Å²) < 4.78 is 12.0. The van der Waals surface area contributed by atoms with Crippen molar-refractivity contribution < 1.29 is 13.9 Å². The van der Waals surface area contributed by atoms with Crippen LogP contribution in [0.5, 0.6) is 5.75 Å². The number of aromatic nitrogens is 1. The van der Waals surface area contributed by atoms with Crippen LogP contribution in [0.25, 0.3) is 28.1 Å². The van der Waals surface area contributed by atoms with Gasteiger partial charge >= 0.3 is 0 Å². The first-order valence-corrected chi connectivity index (χ1v) is 12.5. The Morgan fingerprint density at radius 3 is 2.69 bits per heavy atom. The van der Waals surface area contributed by atoms with Gasteiger partial charge in [-0.05, 0) is 91.7 Å². The number of piperidine rings is 1. The molecule has 0 saturated carbocycles. The van der Waals surface area contributed by atoms with Gasteiger partial charge in [-0.15, -0.1) is 0 Å². The van der Waals surface area contributed by atoms with Crippen LogP contribution < -0.4 is 16.0 Å². The minimum atomic E-state index is -0.199. The first kappa shape index (κ1) is 24.9. The summed E-state index contributed by atoms with van der Waals surface area (Å²) in [6.45, 7) is 12.6. The summed E-state index contributed by atoms with van der Waals surface area (Å²) in [5.41, 5.74) is 6.38. The number of hydrogen-bond acceptors (Lipinski definition) is 6. The van der Waals surface area contributed by atoms with Gasteiger partial charge in [-0.2, -0.15) is 0 Å². The molecule has 0 spiro atoms. The molecular formula is C28H36N4O3. The maximum absolute atomic E-state index is 11.7. The fraction of sp³-hybridized carbons (Fsp3) is 0.429. The van der Waals surface area contributed by atoms with Crippen LogP contribution in [0, 0.1) is 11.8 Å². The molecule has 1 fully saturated rings. The van der Waals surface area contributed by atoms with Crippen molar-refractivity contribution >= 4 is 22.6 Å². The van der Waals surface area contributed by atoms with E-state index in [1.807, 2.05) is 49.4 Å². The van der Waals surface area contributed by atoms with E-state index in [9.17, 15) is 4.79 Å². The van der Waals surface area contributed by atoms with Crippen molar-refractivity contribution in [3.8, 4) is 17.2 Å². The van der Waals surface area contributed by atoms with Crippen LogP contribution in [0.15, 0.2) is 53.5 Å². The molecule has 0 radical (unpaired) electrons. The number of hydrazine groups is 1. The minimum absolute atomic E-state index is 0.00408. The van der Waals surface area contributed by atoms with Crippen molar-refractivity contribution in [1.29, 1.82) is 0 Å². The topological polar surface area (TPSA) is 93.6 Å².